The third-order valence-electron chi connectivity index (χ3n) is 7.21. The summed E-state index contributed by atoms with van der Waals surface area (Å²) in [6.07, 6.45) is 2.01. The molecule has 0 saturated heterocycles. The summed E-state index contributed by atoms with van der Waals surface area (Å²) in [6.45, 7) is 2.68. The van der Waals surface area contributed by atoms with Crippen LogP contribution in [0.15, 0.2) is 23.3 Å². The average molecular weight is 449 g/mol. The minimum Gasteiger partial charge on any atom is -0.478 e. The van der Waals surface area contributed by atoms with Gasteiger partial charge in [-0.2, -0.15) is 8.42 Å². The van der Waals surface area contributed by atoms with E-state index in [4.69, 9.17) is 5.11 Å². The molecule has 2 rings (SSSR count). The third kappa shape index (κ3) is 4.79. The summed E-state index contributed by atoms with van der Waals surface area (Å²) in [6, 6.07) is 0. The minimum absolute atomic E-state index is 0.0602. The first-order valence-electron chi connectivity index (χ1n) is 9.95. The number of carboxylic acid groups (broad SMARTS) is 1. The Labute approximate surface area is 176 Å². The smallest absolute Gasteiger partial charge is 0.333 e. The van der Waals surface area contributed by atoms with Gasteiger partial charge in [0.1, 0.15) is 6.10 Å². The van der Waals surface area contributed by atoms with Crippen LogP contribution in [0, 0.1) is 22.7 Å². The standard InChI is InChI=1S/C20H32O9S/c1-19-8-7-17(24)20(2,11-22)16(19)6-3-12(10-30(27,28)29)14(19)5-4-13(18(25)26)15(23)9-21/h3-4,14-17,21-24H,5-11H2,1-2H3,(H,25,26)(H,27,28,29)/b13-4+/t14-,15-,16?,17-,19+,20+/m1/s1. The molecule has 9 nitrogen and oxygen atoms in total. The molecule has 0 amide bonds. The van der Waals surface area contributed by atoms with Crippen LogP contribution in [0.1, 0.15) is 39.5 Å². The predicted octanol–water partition coefficient (Wildman–Crippen LogP) is 0.351. The van der Waals surface area contributed by atoms with Gasteiger partial charge in [0.05, 0.1) is 30.6 Å². The van der Waals surface area contributed by atoms with E-state index in [0.29, 0.717) is 24.8 Å². The Balaban J connectivity index is 2.54. The van der Waals surface area contributed by atoms with E-state index in [2.05, 4.69) is 0 Å². The first kappa shape index (κ1) is 25.0. The van der Waals surface area contributed by atoms with Gasteiger partial charge in [-0.3, -0.25) is 4.55 Å². The number of rotatable bonds is 8. The second-order valence-corrected chi connectivity index (χ2v) is 10.4. The molecule has 172 valence electrons. The van der Waals surface area contributed by atoms with Crippen LogP contribution < -0.4 is 0 Å². The number of aliphatic carboxylic acids is 1. The van der Waals surface area contributed by atoms with Crippen molar-refractivity contribution in [1.29, 1.82) is 0 Å². The lowest BCUT2D eigenvalue weighted by Crippen LogP contribution is -2.57. The topological polar surface area (TPSA) is 173 Å². The summed E-state index contributed by atoms with van der Waals surface area (Å²) in [5, 5.41) is 48.9. The monoisotopic (exact) mass is 448 g/mol. The summed E-state index contributed by atoms with van der Waals surface area (Å²) in [4.78, 5) is 11.5. The second-order valence-electron chi connectivity index (χ2n) is 8.97. The Morgan fingerprint density at radius 3 is 2.47 bits per heavy atom. The van der Waals surface area contributed by atoms with Crippen molar-refractivity contribution >= 4 is 16.1 Å². The molecule has 0 aromatic heterocycles. The van der Waals surface area contributed by atoms with E-state index in [1.54, 1.807) is 13.0 Å². The lowest BCUT2D eigenvalue weighted by atomic mass is 9.47. The molecule has 0 aromatic rings. The van der Waals surface area contributed by atoms with Crippen molar-refractivity contribution in [3.8, 4) is 0 Å². The molecule has 2 aliphatic carbocycles. The zero-order chi connectivity index (χ0) is 22.9. The van der Waals surface area contributed by atoms with Crippen LogP contribution in [0.4, 0.5) is 0 Å². The molecule has 30 heavy (non-hydrogen) atoms. The molecule has 0 aromatic carbocycles. The van der Waals surface area contributed by atoms with Crippen molar-refractivity contribution in [3.63, 3.8) is 0 Å². The molecule has 6 atom stereocenters. The van der Waals surface area contributed by atoms with Crippen molar-refractivity contribution in [2.24, 2.45) is 22.7 Å². The largest absolute Gasteiger partial charge is 0.478 e. The number of aliphatic hydroxyl groups excluding tert-OH is 4. The number of allylic oxidation sites excluding steroid dienone is 2. The van der Waals surface area contributed by atoms with Gasteiger partial charge in [0, 0.05) is 5.41 Å². The van der Waals surface area contributed by atoms with E-state index in [1.165, 1.54) is 6.08 Å². The maximum Gasteiger partial charge on any atom is 0.333 e. The van der Waals surface area contributed by atoms with Crippen molar-refractivity contribution in [2.75, 3.05) is 19.0 Å². The number of carboxylic acids is 1. The fourth-order valence-corrected chi connectivity index (χ4v) is 6.18. The molecule has 2 aliphatic rings. The SMILES string of the molecule is C[C@]1(CO)C2CC=C(CS(=O)(=O)O)[C@@H](C/C=C(/C(=O)O)[C@H](O)CO)[C@]2(C)CC[C@H]1O. The lowest BCUT2D eigenvalue weighted by molar-refractivity contribution is -0.143. The van der Waals surface area contributed by atoms with Gasteiger partial charge in [0.15, 0.2) is 0 Å². The van der Waals surface area contributed by atoms with E-state index in [0.717, 1.165) is 0 Å². The zero-order valence-electron chi connectivity index (χ0n) is 17.2. The lowest BCUT2D eigenvalue weighted by Gasteiger charge is -2.59. The van der Waals surface area contributed by atoms with Crippen LogP contribution in [0.5, 0.6) is 0 Å². The van der Waals surface area contributed by atoms with Crippen LogP contribution in [0.3, 0.4) is 0 Å². The Morgan fingerprint density at radius 2 is 1.97 bits per heavy atom. The maximum absolute atomic E-state index is 11.6. The quantitative estimate of drug-likeness (QED) is 0.174. The van der Waals surface area contributed by atoms with Gasteiger partial charge >= 0.3 is 5.97 Å². The molecular weight excluding hydrogens is 416 g/mol. The molecular formula is C20H32O9S. The first-order chi connectivity index (χ1) is 13.8. The summed E-state index contributed by atoms with van der Waals surface area (Å²) < 4.78 is 32.6. The van der Waals surface area contributed by atoms with Crippen molar-refractivity contribution in [3.05, 3.63) is 23.3 Å². The van der Waals surface area contributed by atoms with Crippen LogP contribution >= 0.6 is 0 Å². The van der Waals surface area contributed by atoms with Gasteiger partial charge in [-0.25, -0.2) is 4.79 Å². The van der Waals surface area contributed by atoms with Gasteiger partial charge < -0.3 is 25.5 Å². The molecule has 1 saturated carbocycles. The van der Waals surface area contributed by atoms with E-state index in [9.17, 15) is 38.2 Å². The van der Waals surface area contributed by atoms with Crippen LogP contribution in [-0.2, 0) is 14.9 Å². The number of aliphatic hydroxyl groups is 4. The van der Waals surface area contributed by atoms with Crippen LogP contribution in [0.25, 0.3) is 0 Å². The van der Waals surface area contributed by atoms with Crippen molar-refractivity contribution in [1.82, 2.24) is 0 Å². The number of hydrogen-bond acceptors (Lipinski definition) is 7. The normalized spacial score (nSPS) is 36.0. The molecule has 1 fully saturated rings. The highest BCUT2D eigenvalue weighted by molar-refractivity contribution is 7.86. The Kier molecular flexibility index (Phi) is 7.53. The molecule has 6 N–H and O–H groups in total. The number of fused-ring (bicyclic) bond motifs is 1. The summed E-state index contributed by atoms with van der Waals surface area (Å²) >= 11 is 0. The highest BCUT2D eigenvalue weighted by Gasteiger charge is 2.57. The molecule has 0 bridgehead atoms. The predicted molar refractivity (Wildman–Crippen MR) is 108 cm³/mol. The fourth-order valence-electron chi connectivity index (χ4n) is 5.44. The Morgan fingerprint density at radius 1 is 1.33 bits per heavy atom. The minimum atomic E-state index is -4.34. The molecule has 0 radical (unpaired) electrons. The Bertz CT molecular complexity index is 818. The van der Waals surface area contributed by atoms with E-state index >= 15 is 0 Å². The highest BCUT2D eigenvalue weighted by atomic mass is 32.2. The summed E-state index contributed by atoms with van der Waals surface area (Å²) in [5.41, 5.74) is -1.37. The maximum atomic E-state index is 11.6. The van der Waals surface area contributed by atoms with Crippen LogP contribution in [0.2, 0.25) is 0 Å². The van der Waals surface area contributed by atoms with E-state index < -0.39 is 63.0 Å². The van der Waals surface area contributed by atoms with Crippen LogP contribution in [-0.4, -0.2) is 75.6 Å². The van der Waals surface area contributed by atoms with E-state index in [1.807, 2.05) is 6.92 Å². The van der Waals surface area contributed by atoms with Gasteiger partial charge in [0.25, 0.3) is 10.1 Å². The Hall–Kier alpha value is -1.30. The average Bonchev–Trinajstić information content (AvgIpc) is 2.65. The van der Waals surface area contributed by atoms with Crippen molar-refractivity contribution in [2.45, 2.75) is 51.7 Å². The molecule has 0 spiro atoms. The van der Waals surface area contributed by atoms with Crippen molar-refractivity contribution < 1.29 is 43.3 Å². The first-order valence-corrected chi connectivity index (χ1v) is 11.6. The van der Waals surface area contributed by atoms with Gasteiger partial charge in [-0.1, -0.05) is 31.6 Å². The molecule has 1 unspecified atom stereocenters. The third-order valence-corrected chi connectivity index (χ3v) is 7.91. The molecule has 10 heteroatoms. The summed E-state index contributed by atoms with van der Waals surface area (Å²) in [7, 11) is -4.34. The zero-order valence-corrected chi connectivity index (χ0v) is 18.0. The van der Waals surface area contributed by atoms with Gasteiger partial charge in [-0.05, 0) is 42.9 Å². The number of hydrogen-bond donors (Lipinski definition) is 6. The van der Waals surface area contributed by atoms with E-state index in [-0.39, 0.29) is 18.9 Å². The second kappa shape index (κ2) is 9.05. The number of carbonyl (C=O) groups is 1. The molecule has 0 aliphatic heterocycles. The highest BCUT2D eigenvalue weighted by Crippen LogP contribution is 2.60. The fraction of sp³-hybridized carbons (Fsp3) is 0.750. The van der Waals surface area contributed by atoms with Gasteiger partial charge in [-0.15, -0.1) is 0 Å². The summed E-state index contributed by atoms with van der Waals surface area (Å²) in [5.74, 6) is -2.71. The molecule has 0 heterocycles. The van der Waals surface area contributed by atoms with Gasteiger partial charge in [0.2, 0.25) is 0 Å².